The van der Waals surface area contributed by atoms with Crippen LogP contribution in [0.15, 0.2) is 18.2 Å². The molecule has 1 aliphatic rings. The summed E-state index contributed by atoms with van der Waals surface area (Å²) < 4.78 is 0. The average Bonchev–Trinajstić information content (AvgIpc) is 2.42. The van der Waals surface area contributed by atoms with Gasteiger partial charge in [-0.05, 0) is 31.0 Å². The van der Waals surface area contributed by atoms with E-state index in [1.807, 2.05) is 0 Å². The third kappa shape index (κ3) is 2.88. The Morgan fingerprint density at radius 1 is 1.20 bits per heavy atom. The molecule has 0 saturated heterocycles. The fourth-order valence-electron chi connectivity index (χ4n) is 2.52. The summed E-state index contributed by atoms with van der Waals surface area (Å²) in [6.45, 7) is 0. The molecule has 0 bridgehead atoms. The van der Waals surface area contributed by atoms with E-state index in [9.17, 15) is 19.8 Å². The average molecular weight is 298 g/mol. The first-order chi connectivity index (χ1) is 9.44. The molecule has 3 N–H and O–H groups in total. The zero-order chi connectivity index (χ0) is 14.8. The zero-order valence-corrected chi connectivity index (χ0v) is 11.6. The van der Waals surface area contributed by atoms with Crippen LogP contribution in [-0.4, -0.2) is 27.6 Å². The Kier molecular flexibility index (Phi) is 4.18. The summed E-state index contributed by atoms with van der Waals surface area (Å²) in [6, 6.07) is 4.00. The largest absolute Gasteiger partial charge is 0.508 e. The molecule has 0 unspecified atom stereocenters. The summed E-state index contributed by atoms with van der Waals surface area (Å²) in [6.07, 6.45) is 3.31. The van der Waals surface area contributed by atoms with E-state index in [4.69, 9.17) is 11.6 Å². The van der Waals surface area contributed by atoms with Crippen molar-refractivity contribution in [2.24, 2.45) is 0 Å². The van der Waals surface area contributed by atoms with Gasteiger partial charge < -0.3 is 15.5 Å². The van der Waals surface area contributed by atoms with Crippen LogP contribution < -0.4 is 5.32 Å². The summed E-state index contributed by atoms with van der Waals surface area (Å²) >= 11 is 5.91. The number of carboxylic acids is 1. The van der Waals surface area contributed by atoms with E-state index in [0.29, 0.717) is 12.8 Å². The van der Waals surface area contributed by atoms with Crippen molar-refractivity contribution >= 4 is 23.5 Å². The van der Waals surface area contributed by atoms with Crippen LogP contribution in [0.3, 0.4) is 0 Å². The van der Waals surface area contributed by atoms with E-state index in [1.54, 1.807) is 0 Å². The minimum Gasteiger partial charge on any atom is -0.508 e. The first-order valence-corrected chi connectivity index (χ1v) is 6.87. The quantitative estimate of drug-likeness (QED) is 0.800. The van der Waals surface area contributed by atoms with Crippen LogP contribution in [0.2, 0.25) is 5.02 Å². The number of phenols is 1. The van der Waals surface area contributed by atoms with Crippen molar-refractivity contribution in [3.05, 3.63) is 28.8 Å². The van der Waals surface area contributed by atoms with Gasteiger partial charge in [0.05, 0.1) is 10.6 Å². The maximum Gasteiger partial charge on any atom is 0.329 e. The Morgan fingerprint density at radius 3 is 2.45 bits per heavy atom. The third-order valence-corrected chi connectivity index (χ3v) is 3.99. The van der Waals surface area contributed by atoms with Crippen LogP contribution in [-0.2, 0) is 4.79 Å². The van der Waals surface area contributed by atoms with Crippen LogP contribution in [0.5, 0.6) is 5.75 Å². The number of rotatable bonds is 3. The Bertz CT molecular complexity index is 538. The molecule has 0 aromatic heterocycles. The normalized spacial score (nSPS) is 17.4. The number of hydrogen-bond acceptors (Lipinski definition) is 3. The number of carbonyl (C=O) groups is 2. The molecule has 0 heterocycles. The van der Waals surface area contributed by atoms with Gasteiger partial charge in [-0.3, -0.25) is 4.79 Å². The van der Waals surface area contributed by atoms with Gasteiger partial charge in [0.25, 0.3) is 5.91 Å². The van der Waals surface area contributed by atoms with Crippen molar-refractivity contribution in [2.45, 2.75) is 37.6 Å². The van der Waals surface area contributed by atoms with Gasteiger partial charge in [0.1, 0.15) is 11.3 Å². The molecule has 6 heteroatoms. The van der Waals surface area contributed by atoms with Crippen LogP contribution in [0.4, 0.5) is 0 Å². The van der Waals surface area contributed by atoms with Gasteiger partial charge in [-0.25, -0.2) is 4.79 Å². The number of benzene rings is 1. The fraction of sp³-hybridized carbons (Fsp3) is 0.429. The molecule has 1 aromatic rings. The number of aliphatic carboxylic acids is 1. The number of amides is 1. The molecule has 1 fully saturated rings. The molecule has 2 rings (SSSR count). The van der Waals surface area contributed by atoms with E-state index >= 15 is 0 Å². The lowest BCUT2D eigenvalue weighted by atomic mass is 9.81. The van der Waals surface area contributed by atoms with Crippen molar-refractivity contribution in [3.8, 4) is 5.75 Å². The van der Waals surface area contributed by atoms with Crippen molar-refractivity contribution in [3.63, 3.8) is 0 Å². The predicted octanol–water partition coefficient (Wildman–Crippen LogP) is 2.56. The smallest absolute Gasteiger partial charge is 0.329 e. The highest BCUT2D eigenvalue weighted by Gasteiger charge is 2.41. The van der Waals surface area contributed by atoms with Gasteiger partial charge in [0, 0.05) is 0 Å². The standard InChI is InChI=1S/C14H16ClNO4/c15-11-5-4-9(17)8-10(11)12(18)16-14(13(19)20)6-2-1-3-7-14/h4-5,8,17H,1-3,6-7H2,(H,16,18)(H,19,20). The Morgan fingerprint density at radius 2 is 1.85 bits per heavy atom. The molecule has 0 aliphatic heterocycles. The molecule has 1 aromatic carbocycles. The maximum absolute atomic E-state index is 12.2. The second-order valence-corrected chi connectivity index (χ2v) is 5.47. The molecule has 0 radical (unpaired) electrons. The van der Waals surface area contributed by atoms with E-state index in [-0.39, 0.29) is 16.3 Å². The minimum atomic E-state index is -1.23. The molecule has 1 amide bonds. The number of hydrogen-bond donors (Lipinski definition) is 3. The number of halogens is 1. The van der Waals surface area contributed by atoms with Gasteiger partial charge in [0.2, 0.25) is 0 Å². The molecule has 1 aliphatic carbocycles. The maximum atomic E-state index is 12.2. The molecule has 5 nitrogen and oxygen atoms in total. The molecule has 0 atom stereocenters. The monoisotopic (exact) mass is 297 g/mol. The van der Waals surface area contributed by atoms with Crippen LogP contribution in [0, 0.1) is 0 Å². The van der Waals surface area contributed by atoms with Crippen LogP contribution in [0.25, 0.3) is 0 Å². The Labute approximate surface area is 121 Å². The van der Waals surface area contributed by atoms with Crippen molar-refractivity contribution in [1.82, 2.24) is 5.32 Å². The van der Waals surface area contributed by atoms with Crippen molar-refractivity contribution < 1.29 is 19.8 Å². The van der Waals surface area contributed by atoms with Gasteiger partial charge in [-0.15, -0.1) is 0 Å². The topological polar surface area (TPSA) is 86.6 Å². The molecule has 108 valence electrons. The first kappa shape index (κ1) is 14.7. The van der Waals surface area contributed by atoms with Gasteiger partial charge in [0.15, 0.2) is 0 Å². The molecule has 0 spiro atoms. The molecular formula is C14H16ClNO4. The van der Waals surface area contributed by atoms with E-state index in [1.165, 1.54) is 18.2 Å². The van der Waals surface area contributed by atoms with Gasteiger partial charge >= 0.3 is 5.97 Å². The molecule has 1 saturated carbocycles. The lowest BCUT2D eigenvalue weighted by molar-refractivity contribution is -0.145. The number of phenolic OH excluding ortho intramolecular Hbond substituents is 1. The Balaban J connectivity index is 2.24. The predicted molar refractivity (Wildman–Crippen MR) is 74.0 cm³/mol. The number of aromatic hydroxyl groups is 1. The van der Waals surface area contributed by atoms with Crippen LogP contribution in [0.1, 0.15) is 42.5 Å². The summed E-state index contributed by atoms with van der Waals surface area (Å²) in [5, 5.41) is 21.6. The minimum absolute atomic E-state index is 0.0814. The third-order valence-electron chi connectivity index (χ3n) is 3.66. The highest BCUT2D eigenvalue weighted by Crippen LogP contribution is 2.30. The van der Waals surface area contributed by atoms with E-state index < -0.39 is 17.4 Å². The summed E-state index contributed by atoms with van der Waals surface area (Å²) in [4.78, 5) is 23.7. The number of nitrogens with one attached hydrogen (secondary N) is 1. The summed E-state index contributed by atoms with van der Waals surface area (Å²) in [5.74, 6) is -1.69. The second-order valence-electron chi connectivity index (χ2n) is 5.07. The molecule has 20 heavy (non-hydrogen) atoms. The summed E-state index contributed by atoms with van der Waals surface area (Å²) in [7, 11) is 0. The van der Waals surface area contributed by atoms with Gasteiger partial charge in [-0.2, -0.15) is 0 Å². The fourth-order valence-corrected chi connectivity index (χ4v) is 2.72. The first-order valence-electron chi connectivity index (χ1n) is 6.49. The number of carbonyl (C=O) groups excluding carboxylic acids is 1. The molecular weight excluding hydrogens is 282 g/mol. The van der Waals surface area contributed by atoms with Crippen LogP contribution >= 0.6 is 11.6 Å². The van der Waals surface area contributed by atoms with E-state index in [2.05, 4.69) is 5.32 Å². The highest BCUT2D eigenvalue weighted by molar-refractivity contribution is 6.34. The SMILES string of the molecule is O=C(NC1(C(=O)O)CCCCC1)c1cc(O)ccc1Cl. The summed E-state index contributed by atoms with van der Waals surface area (Å²) in [5.41, 5.74) is -1.15. The zero-order valence-electron chi connectivity index (χ0n) is 10.9. The van der Waals surface area contributed by atoms with Gasteiger partial charge in [-0.1, -0.05) is 30.9 Å². The Hall–Kier alpha value is -1.75. The van der Waals surface area contributed by atoms with Crippen molar-refractivity contribution in [1.29, 1.82) is 0 Å². The van der Waals surface area contributed by atoms with E-state index in [0.717, 1.165) is 19.3 Å². The lowest BCUT2D eigenvalue weighted by Crippen LogP contribution is -2.55. The highest BCUT2D eigenvalue weighted by atomic mass is 35.5. The lowest BCUT2D eigenvalue weighted by Gasteiger charge is -2.34. The second kappa shape index (κ2) is 5.71. The van der Waals surface area contributed by atoms with Crippen molar-refractivity contribution in [2.75, 3.05) is 0 Å². The number of carboxylic acid groups (broad SMARTS) is 1.